The lowest BCUT2D eigenvalue weighted by Gasteiger charge is -2.30. The highest BCUT2D eigenvalue weighted by Gasteiger charge is 2.26. The monoisotopic (exact) mass is 295 g/mol. The molecule has 22 heavy (non-hydrogen) atoms. The van der Waals surface area contributed by atoms with Gasteiger partial charge in [0.05, 0.1) is 5.92 Å². The summed E-state index contributed by atoms with van der Waals surface area (Å²) in [5.74, 6) is 0.567. The van der Waals surface area contributed by atoms with E-state index in [9.17, 15) is 4.79 Å². The highest BCUT2D eigenvalue weighted by atomic mass is 16.5. The van der Waals surface area contributed by atoms with Gasteiger partial charge in [0.15, 0.2) is 0 Å². The fraction of sp³-hybridized carbons (Fsp3) is 0.316. The van der Waals surface area contributed by atoms with Gasteiger partial charge >= 0.3 is 5.97 Å². The quantitative estimate of drug-likeness (QED) is 0.638. The first-order valence-electron chi connectivity index (χ1n) is 7.84. The van der Waals surface area contributed by atoms with Gasteiger partial charge in [-0.15, -0.1) is 0 Å². The minimum absolute atomic E-state index is 0.0206. The summed E-state index contributed by atoms with van der Waals surface area (Å²) in [4.78, 5) is 14.6. The Labute approximate surface area is 131 Å². The van der Waals surface area contributed by atoms with Crippen LogP contribution in [0.15, 0.2) is 60.7 Å². The SMILES string of the molecule is O=C(Oc1ccccc1)C1CCN(Cc2ccccc2)CC1. The molecule has 0 aliphatic carbocycles. The van der Waals surface area contributed by atoms with Crippen molar-refractivity contribution in [2.75, 3.05) is 13.1 Å². The van der Waals surface area contributed by atoms with Crippen LogP contribution < -0.4 is 4.74 Å². The largest absolute Gasteiger partial charge is 0.426 e. The average Bonchev–Trinajstić information content (AvgIpc) is 2.57. The molecule has 0 N–H and O–H groups in total. The minimum Gasteiger partial charge on any atom is -0.426 e. The molecular formula is C19H21NO2. The predicted molar refractivity (Wildman–Crippen MR) is 86.5 cm³/mol. The van der Waals surface area contributed by atoms with Crippen molar-refractivity contribution in [3.05, 3.63) is 66.2 Å². The lowest BCUT2D eigenvalue weighted by molar-refractivity contribution is -0.140. The van der Waals surface area contributed by atoms with E-state index in [0.717, 1.165) is 32.5 Å². The van der Waals surface area contributed by atoms with Crippen LogP contribution in [0.25, 0.3) is 0 Å². The molecule has 0 saturated carbocycles. The summed E-state index contributed by atoms with van der Waals surface area (Å²) in [6.07, 6.45) is 1.75. The minimum atomic E-state index is -0.0921. The molecule has 3 heteroatoms. The fourth-order valence-electron chi connectivity index (χ4n) is 2.86. The van der Waals surface area contributed by atoms with Crippen LogP contribution in [0.3, 0.4) is 0 Å². The van der Waals surface area contributed by atoms with Crippen molar-refractivity contribution in [2.45, 2.75) is 19.4 Å². The van der Waals surface area contributed by atoms with Crippen LogP contribution in [0.2, 0.25) is 0 Å². The van der Waals surface area contributed by atoms with Gasteiger partial charge in [0.2, 0.25) is 0 Å². The second-order valence-corrected chi connectivity index (χ2v) is 5.77. The lowest BCUT2D eigenvalue weighted by Crippen LogP contribution is -2.37. The van der Waals surface area contributed by atoms with Crippen molar-refractivity contribution in [1.82, 2.24) is 4.90 Å². The standard InChI is InChI=1S/C19H21NO2/c21-19(22-18-9-5-2-6-10-18)17-11-13-20(14-12-17)15-16-7-3-1-4-8-16/h1-10,17H,11-15H2. The van der Waals surface area contributed by atoms with Gasteiger partial charge in [0, 0.05) is 6.54 Å². The van der Waals surface area contributed by atoms with Crippen LogP contribution in [0.1, 0.15) is 18.4 Å². The van der Waals surface area contributed by atoms with Crippen molar-refractivity contribution >= 4 is 5.97 Å². The first-order valence-corrected chi connectivity index (χ1v) is 7.84. The average molecular weight is 295 g/mol. The molecular weight excluding hydrogens is 274 g/mol. The zero-order valence-electron chi connectivity index (χ0n) is 12.7. The van der Waals surface area contributed by atoms with Gasteiger partial charge in [-0.05, 0) is 43.6 Å². The summed E-state index contributed by atoms with van der Waals surface area (Å²) >= 11 is 0. The Kier molecular flexibility index (Phi) is 4.86. The molecule has 1 heterocycles. The smallest absolute Gasteiger partial charge is 0.314 e. The number of ether oxygens (including phenoxy) is 1. The van der Waals surface area contributed by atoms with E-state index in [1.165, 1.54) is 5.56 Å². The van der Waals surface area contributed by atoms with Crippen molar-refractivity contribution in [3.63, 3.8) is 0 Å². The van der Waals surface area contributed by atoms with Crippen molar-refractivity contribution in [2.24, 2.45) is 5.92 Å². The number of piperidine rings is 1. The van der Waals surface area contributed by atoms with Gasteiger partial charge in [0.1, 0.15) is 5.75 Å². The summed E-state index contributed by atoms with van der Waals surface area (Å²) in [5, 5.41) is 0. The first kappa shape index (κ1) is 14.8. The number of esters is 1. The van der Waals surface area contributed by atoms with E-state index in [1.54, 1.807) is 0 Å². The Bertz CT molecular complexity index is 589. The molecule has 0 unspecified atom stereocenters. The molecule has 1 saturated heterocycles. The topological polar surface area (TPSA) is 29.5 Å². The third-order valence-corrected chi connectivity index (χ3v) is 4.13. The Morgan fingerprint density at radius 2 is 1.55 bits per heavy atom. The van der Waals surface area contributed by atoms with Gasteiger partial charge in [0.25, 0.3) is 0 Å². The molecule has 2 aromatic carbocycles. The number of para-hydroxylation sites is 1. The molecule has 0 atom stereocenters. The molecule has 0 radical (unpaired) electrons. The number of nitrogens with zero attached hydrogens (tertiary/aromatic N) is 1. The van der Waals surface area contributed by atoms with Crippen molar-refractivity contribution < 1.29 is 9.53 Å². The van der Waals surface area contributed by atoms with Crippen LogP contribution in [0, 0.1) is 5.92 Å². The predicted octanol–water partition coefficient (Wildman–Crippen LogP) is 3.50. The summed E-state index contributed by atoms with van der Waals surface area (Å²) < 4.78 is 5.45. The van der Waals surface area contributed by atoms with Crippen LogP contribution in [0.4, 0.5) is 0 Å². The van der Waals surface area contributed by atoms with Crippen LogP contribution >= 0.6 is 0 Å². The molecule has 3 nitrogen and oxygen atoms in total. The molecule has 0 bridgehead atoms. The zero-order valence-corrected chi connectivity index (χ0v) is 12.7. The lowest BCUT2D eigenvalue weighted by atomic mass is 9.96. The Morgan fingerprint density at radius 3 is 2.18 bits per heavy atom. The highest BCUT2D eigenvalue weighted by molar-refractivity contribution is 5.75. The van der Waals surface area contributed by atoms with E-state index in [0.29, 0.717) is 5.75 Å². The van der Waals surface area contributed by atoms with E-state index in [-0.39, 0.29) is 11.9 Å². The van der Waals surface area contributed by atoms with E-state index in [1.807, 2.05) is 36.4 Å². The maximum absolute atomic E-state index is 12.2. The van der Waals surface area contributed by atoms with Crippen LogP contribution in [-0.2, 0) is 11.3 Å². The van der Waals surface area contributed by atoms with Gasteiger partial charge in [-0.3, -0.25) is 9.69 Å². The molecule has 1 fully saturated rings. The zero-order chi connectivity index (χ0) is 15.2. The molecule has 1 aliphatic heterocycles. The fourth-order valence-corrected chi connectivity index (χ4v) is 2.86. The Morgan fingerprint density at radius 1 is 0.955 bits per heavy atom. The number of carbonyl (C=O) groups is 1. The molecule has 3 rings (SSSR count). The van der Waals surface area contributed by atoms with Gasteiger partial charge in [-0.2, -0.15) is 0 Å². The van der Waals surface area contributed by atoms with E-state index < -0.39 is 0 Å². The summed E-state index contributed by atoms with van der Waals surface area (Å²) in [5.41, 5.74) is 1.33. The molecule has 0 aromatic heterocycles. The number of carbonyl (C=O) groups excluding carboxylic acids is 1. The van der Waals surface area contributed by atoms with Gasteiger partial charge in [-0.25, -0.2) is 0 Å². The summed E-state index contributed by atoms with van der Waals surface area (Å²) in [6.45, 7) is 2.86. The Balaban J connectivity index is 1.48. The molecule has 0 spiro atoms. The van der Waals surface area contributed by atoms with Crippen LogP contribution in [-0.4, -0.2) is 24.0 Å². The third kappa shape index (κ3) is 3.95. The van der Waals surface area contributed by atoms with Crippen molar-refractivity contribution in [3.8, 4) is 5.75 Å². The second kappa shape index (κ2) is 7.23. The molecule has 114 valence electrons. The second-order valence-electron chi connectivity index (χ2n) is 5.77. The highest BCUT2D eigenvalue weighted by Crippen LogP contribution is 2.21. The first-order chi connectivity index (χ1) is 10.8. The van der Waals surface area contributed by atoms with Gasteiger partial charge in [-0.1, -0.05) is 48.5 Å². The Hall–Kier alpha value is -2.13. The number of likely N-dealkylation sites (tertiary alicyclic amines) is 1. The molecule has 2 aromatic rings. The number of rotatable bonds is 4. The number of benzene rings is 2. The third-order valence-electron chi connectivity index (χ3n) is 4.13. The molecule has 0 amide bonds. The molecule has 1 aliphatic rings. The number of hydrogen-bond donors (Lipinski definition) is 0. The van der Waals surface area contributed by atoms with E-state index in [2.05, 4.69) is 29.2 Å². The maximum atomic E-state index is 12.2. The van der Waals surface area contributed by atoms with Gasteiger partial charge < -0.3 is 4.74 Å². The van der Waals surface area contributed by atoms with Crippen LogP contribution in [0.5, 0.6) is 5.75 Å². The van der Waals surface area contributed by atoms with E-state index >= 15 is 0 Å². The van der Waals surface area contributed by atoms with Crippen molar-refractivity contribution in [1.29, 1.82) is 0 Å². The maximum Gasteiger partial charge on any atom is 0.314 e. The normalized spacial score (nSPS) is 16.4. The summed E-state index contributed by atoms with van der Waals surface area (Å²) in [6, 6.07) is 19.8. The number of hydrogen-bond acceptors (Lipinski definition) is 3. The van der Waals surface area contributed by atoms with E-state index in [4.69, 9.17) is 4.74 Å². The summed E-state index contributed by atoms with van der Waals surface area (Å²) in [7, 11) is 0.